The van der Waals surface area contributed by atoms with Gasteiger partial charge in [-0.05, 0) is 65.0 Å². The zero-order chi connectivity index (χ0) is 26.2. The molecule has 2 aromatic heterocycles. The Morgan fingerprint density at radius 1 is 1.08 bits per heavy atom. The van der Waals surface area contributed by atoms with E-state index < -0.39 is 0 Å². The summed E-state index contributed by atoms with van der Waals surface area (Å²) in [4.78, 5) is 20.0. The number of hydrogen-bond donors (Lipinski definition) is 0. The largest absolute Gasteiger partial charge is 0.685 e. The summed E-state index contributed by atoms with van der Waals surface area (Å²) >= 11 is 0. The van der Waals surface area contributed by atoms with Crippen LogP contribution in [-0.2, 0) is 30.3 Å². The third-order valence-corrected chi connectivity index (χ3v) is 7.63. The van der Waals surface area contributed by atoms with Gasteiger partial charge in [-0.15, -0.1) is 29.3 Å². The van der Waals surface area contributed by atoms with Gasteiger partial charge in [0.1, 0.15) is 0 Å². The average Bonchev–Trinajstić information content (AvgIpc) is 2.87. The molecular formula is C33H35IrN3O-2. The zero-order valence-corrected chi connectivity index (χ0v) is 25.3. The predicted octanol–water partition coefficient (Wildman–Crippen LogP) is 8.38. The first-order valence-electron chi connectivity index (χ1n) is 13.4. The quantitative estimate of drug-likeness (QED) is 0.161. The second-order valence-corrected chi connectivity index (χ2v) is 11.0. The van der Waals surface area contributed by atoms with Gasteiger partial charge in [-0.25, -0.2) is 0 Å². The Kier molecular flexibility index (Phi) is 8.49. The topological polar surface area (TPSA) is 57.0 Å². The second-order valence-electron chi connectivity index (χ2n) is 11.0. The molecule has 38 heavy (non-hydrogen) atoms. The van der Waals surface area contributed by atoms with E-state index in [2.05, 4.69) is 61.4 Å². The molecule has 0 aliphatic heterocycles. The summed E-state index contributed by atoms with van der Waals surface area (Å²) in [6.07, 6.45) is 11.7. The maximum atomic E-state index is 10.8. The number of benzene rings is 2. The Morgan fingerprint density at radius 2 is 1.84 bits per heavy atom. The summed E-state index contributed by atoms with van der Waals surface area (Å²) in [5.74, 6) is 0.0945. The number of ketones is 1. The molecule has 6 rings (SSSR count). The van der Waals surface area contributed by atoms with Crippen molar-refractivity contribution in [1.82, 2.24) is 9.97 Å². The van der Waals surface area contributed by atoms with Crippen molar-refractivity contribution in [2.24, 2.45) is 0 Å². The van der Waals surface area contributed by atoms with Gasteiger partial charge in [-0.3, -0.25) is 4.79 Å². The Balaban J connectivity index is 0.000000207. The second kappa shape index (κ2) is 11.5. The Bertz CT molecular complexity index is 1520. The molecule has 5 heteroatoms. The van der Waals surface area contributed by atoms with Crippen molar-refractivity contribution in [3.63, 3.8) is 0 Å². The molecule has 0 saturated heterocycles. The van der Waals surface area contributed by atoms with Gasteiger partial charge in [0.15, 0.2) is 5.78 Å². The summed E-state index contributed by atoms with van der Waals surface area (Å²) in [6.45, 7) is 10.3. The minimum Gasteiger partial charge on any atom is -0.685 e. The van der Waals surface area contributed by atoms with Crippen LogP contribution in [0.15, 0.2) is 60.6 Å². The zero-order valence-electron chi connectivity index (χ0n) is 22.9. The van der Waals surface area contributed by atoms with Gasteiger partial charge in [0, 0.05) is 32.5 Å². The first kappa shape index (κ1) is 28.1. The van der Waals surface area contributed by atoms with Crippen molar-refractivity contribution < 1.29 is 24.9 Å². The number of allylic oxidation sites excluding steroid dienone is 2. The standard InChI is InChI=1S/C22H17N2.C11H19NO.Ir/c1-13-11-14-8-10-24-21-16-6-7-18-15(5-4-9-23-18)20(16)22(2,3)17(12-13)19(14)21;1-9(8-10(2)13)12-11-6-4-3-5-7-11;/h4-5,7-12H,1-3H3;8,11H,3-7H2,1-2H3,(H,12,13);/q-1;;/p-1. The molecule has 0 unspecified atom stereocenters. The minimum atomic E-state index is -0.116. The molecular weight excluding hydrogens is 647 g/mol. The number of aromatic nitrogens is 2. The number of aryl methyl sites for hydroxylation is 1. The van der Waals surface area contributed by atoms with Crippen molar-refractivity contribution in [2.75, 3.05) is 0 Å². The molecule has 0 atom stereocenters. The molecule has 2 aliphatic carbocycles. The molecule has 1 fully saturated rings. The van der Waals surface area contributed by atoms with Crippen molar-refractivity contribution in [3.05, 3.63) is 88.6 Å². The molecule has 0 spiro atoms. The first-order chi connectivity index (χ1) is 17.8. The maximum Gasteiger partial charge on any atom is 0.151 e. The number of carbonyl (C=O) groups excluding carboxylic acids is 1. The van der Waals surface area contributed by atoms with Crippen LogP contribution in [0.3, 0.4) is 0 Å². The molecule has 0 bridgehead atoms. The van der Waals surface area contributed by atoms with E-state index in [0.717, 1.165) is 22.5 Å². The van der Waals surface area contributed by atoms with E-state index in [1.807, 2.05) is 31.5 Å². The average molecular weight is 682 g/mol. The van der Waals surface area contributed by atoms with Crippen LogP contribution in [0.4, 0.5) is 0 Å². The summed E-state index contributed by atoms with van der Waals surface area (Å²) in [6, 6.07) is 16.8. The van der Waals surface area contributed by atoms with Crippen LogP contribution < -0.4 is 0 Å². The third kappa shape index (κ3) is 5.46. The number of nitrogens with zero attached hydrogens (tertiary/aromatic N) is 3. The monoisotopic (exact) mass is 682 g/mol. The van der Waals surface area contributed by atoms with Gasteiger partial charge in [-0.1, -0.05) is 82.0 Å². The molecule has 1 radical (unpaired) electrons. The molecule has 2 aromatic carbocycles. The fourth-order valence-corrected chi connectivity index (χ4v) is 6.04. The Morgan fingerprint density at radius 3 is 2.58 bits per heavy atom. The van der Waals surface area contributed by atoms with Crippen LogP contribution in [0.2, 0.25) is 0 Å². The van der Waals surface area contributed by atoms with E-state index >= 15 is 0 Å². The Labute approximate surface area is 239 Å². The summed E-state index contributed by atoms with van der Waals surface area (Å²) in [5, 5.41) is 8.23. The smallest absolute Gasteiger partial charge is 0.151 e. The fourth-order valence-electron chi connectivity index (χ4n) is 6.04. The third-order valence-electron chi connectivity index (χ3n) is 7.63. The minimum absolute atomic E-state index is 0. The van der Waals surface area contributed by atoms with E-state index in [-0.39, 0.29) is 31.3 Å². The van der Waals surface area contributed by atoms with Gasteiger partial charge in [-0.2, -0.15) is 5.70 Å². The van der Waals surface area contributed by atoms with Gasteiger partial charge in [0.2, 0.25) is 0 Å². The molecule has 0 amide bonds. The van der Waals surface area contributed by atoms with Crippen molar-refractivity contribution in [2.45, 2.75) is 78.2 Å². The molecule has 199 valence electrons. The SMILES string of the molecule is CC(=O)/C=C(/C)[N-]C1CCCCC1.Cc1cc2c3c(nccc3c1)-c1[c-]cc3ncccc3c1C2(C)C.[Ir]. The fraction of sp³-hybridized carbons (Fsp3) is 0.364. The van der Waals surface area contributed by atoms with E-state index in [1.54, 1.807) is 13.0 Å². The number of hydrogen-bond acceptors (Lipinski definition) is 3. The maximum absolute atomic E-state index is 10.8. The van der Waals surface area contributed by atoms with Crippen LogP contribution >= 0.6 is 0 Å². The van der Waals surface area contributed by atoms with E-state index in [0.29, 0.717) is 6.04 Å². The predicted molar refractivity (Wildman–Crippen MR) is 153 cm³/mol. The number of pyridine rings is 2. The van der Waals surface area contributed by atoms with Crippen LogP contribution in [0.1, 0.15) is 76.5 Å². The van der Waals surface area contributed by atoms with Crippen molar-refractivity contribution in [1.29, 1.82) is 0 Å². The molecule has 2 aliphatic rings. The summed E-state index contributed by atoms with van der Waals surface area (Å²) in [7, 11) is 0. The summed E-state index contributed by atoms with van der Waals surface area (Å²) in [5.41, 5.74) is 7.84. The Hall–Kier alpha value is -2.88. The molecule has 2 heterocycles. The van der Waals surface area contributed by atoms with Crippen LogP contribution in [0.5, 0.6) is 0 Å². The number of fused-ring (bicyclic) bond motifs is 4. The summed E-state index contributed by atoms with van der Waals surface area (Å²) < 4.78 is 0. The van der Waals surface area contributed by atoms with Gasteiger partial charge in [0.25, 0.3) is 0 Å². The van der Waals surface area contributed by atoms with E-state index in [9.17, 15) is 4.79 Å². The molecule has 4 nitrogen and oxygen atoms in total. The molecule has 4 aromatic rings. The van der Waals surface area contributed by atoms with Crippen molar-refractivity contribution in [3.8, 4) is 11.3 Å². The van der Waals surface area contributed by atoms with Gasteiger partial charge >= 0.3 is 0 Å². The number of rotatable bonds is 3. The van der Waals surface area contributed by atoms with E-state index in [1.165, 1.54) is 65.0 Å². The van der Waals surface area contributed by atoms with Gasteiger partial charge < -0.3 is 15.3 Å². The molecule has 0 N–H and O–H groups in total. The molecule has 1 saturated carbocycles. The first-order valence-corrected chi connectivity index (χ1v) is 13.4. The van der Waals surface area contributed by atoms with E-state index in [4.69, 9.17) is 4.98 Å². The van der Waals surface area contributed by atoms with Crippen LogP contribution in [0, 0.1) is 13.0 Å². The normalized spacial score (nSPS) is 16.2. The van der Waals surface area contributed by atoms with Crippen LogP contribution in [-0.4, -0.2) is 21.8 Å². The number of carbonyl (C=O) groups is 1. The van der Waals surface area contributed by atoms with Crippen LogP contribution in [0.25, 0.3) is 38.2 Å². The van der Waals surface area contributed by atoms with Gasteiger partial charge in [0.05, 0.1) is 0 Å². The van der Waals surface area contributed by atoms with Crippen molar-refractivity contribution >= 4 is 27.5 Å².